The molecule has 6 heteroatoms. The Bertz CT molecular complexity index is 892. The van der Waals surface area contributed by atoms with Gasteiger partial charge >= 0.3 is 0 Å². The van der Waals surface area contributed by atoms with E-state index in [1.807, 2.05) is 6.07 Å². The van der Waals surface area contributed by atoms with Gasteiger partial charge in [-0.1, -0.05) is 13.8 Å². The molecule has 3 heterocycles. The van der Waals surface area contributed by atoms with Gasteiger partial charge in [0.1, 0.15) is 10.5 Å². The molecule has 0 aliphatic carbocycles. The van der Waals surface area contributed by atoms with E-state index in [9.17, 15) is 9.59 Å². The molecule has 0 unspecified atom stereocenters. The number of thiophene rings is 1. The molecule has 2 N–H and O–H groups in total. The van der Waals surface area contributed by atoms with E-state index in [1.165, 1.54) is 21.9 Å². The smallest absolute Gasteiger partial charge is 0.266 e. The summed E-state index contributed by atoms with van der Waals surface area (Å²) in [7, 11) is 0. The minimum Gasteiger partial charge on any atom is -0.366 e. The van der Waals surface area contributed by atoms with Crippen LogP contribution in [0.3, 0.4) is 0 Å². The van der Waals surface area contributed by atoms with Gasteiger partial charge in [-0.3, -0.25) is 14.0 Å². The molecule has 0 aliphatic rings. The predicted octanol–water partition coefficient (Wildman–Crippen LogP) is 2.13. The fourth-order valence-electron chi connectivity index (χ4n) is 2.05. The fraction of sp³-hybridized carbons (Fsp3) is 0.214. The zero-order chi connectivity index (χ0) is 14.4. The second-order valence-corrected chi connectivity index (χ2v) is 6.01. The van der Waals surface area contributed by atoms with E-state index < -0.39 is 5.91 Å². The summed E-state index contributed by atoms with van der Waals surface area (Å²) in [6.07, 6.45) is 1.44. The summed E-state index contributed by atoms with van der Waals surface area (Å²) in [6, 6.07) is 5.09. The van der Waals surface area contributed by atoms with Crippen molar-refractivity contribution in [2.45, 2.75) is 19.8 Å². The van der Waals surface area contributed by atoms with Gasteiger partial charge in [-0.05, 0) is 24.1 Å². The highest BCUT2D eigenvalue weighted by atomic mass is 32.1. The van der Waals surface area contributed by atoms with Crippen molar-refractivity contribution < 1.29 is 4.79 Å². The summed E-state index contributed by atoms with van der Waals surface area (Å²) in [6.45, 7) is 4.15. The Hall–Kier alpha value is -2.21. The van der Waals surface area contributed by atoms with Gasteiger partial charge in [-0.2, -0.15) is 0 Å². The van der Waals surface area contributed by atoms with E-state index in [4.69, 9.17) is 5.73 Å². The highest BCUT2D eigenvalue weighted by Crippen LogP contribution is 2.27. The number of rotatable bonds is 2. The van der Waals surface area contributed by atoms with Crippen molar-refractivity contribution in [3.05, 3.63) is 45.2 Å². The van der Waals surface area contributed by atoms with Crippen molar-refractivity contribution >= 4 is 33.1 Å². The van der Waals surface area contributed by atoms with Gasteiger partial charge in [0.05, 0.1) is 10.9 Å². The Morgan fingerprint density at radius 3 is 2.80 bits per heavy atom. The normalized spacial score (nSPS) is 11.6. The lowest BCUT2D eigenvalue weighted by Crippen LogP contribution is -2.18. The summed E-state index contributed by atoms with van der Waals surface area (Å²) in [5, 5.41) is 0.581. The van der Waals surface area contributed by atoms with Crippen LogP contribution in [0, 0.1) is 0 Å². The maximum absolute atomic E-state index is 12.5. The first kappa shape index (κ1) is 12.8. The average molecular weight is 287 g/mol. The van der Waals surface area contributed by atoms with E-state index in [2.05, 4.69) is 18.8 Å². The van der Waals surface area contributed by atoms with E-state index in [0.717, 1.165) is 9.71 Å². The molecule has 0 spiro atoms. The molecule has 0 radical (unpaired) electrons. The van der Waals surface area contributed by atoms with Crippen molar-refractivity contribution in [2.24, 2.45) is 5.73 Å². The number of amides is 1. The summed E-state index contributed by atoms with van der Waals surface area (Å²) in [5.74, 6) is -0.213. The molecule has 0 bridgehead atoms. The zero-order valence-corrected chi connectivity index (χ0v) is 11.9. The van der Waals surface area contributed by atoms with Gasteiger partial charge in [-0.15, -0.1) is 11.3 Å². The first-order valence-corrected chi connectivity index (χ1v) is 7.04. The van der Waals surface area contributed by atoms with Crippen LogP contribution in [0.2, 0.25) is 0 Å². The minimum absolute atomic E-state index is 0.170. The van der Waals surface area contributed by atoms with E-state index in [-0.39, 0.29) is 5.56 Å². The quantitative estimate of drug-likeness (QED) is 0.784. The number of fused-ring (bicyclic) bond motifs is 2. The van der Waals surface area contributed by atoms with Gasteiger partial charge in [-0.25, -0.2) is 4.98 Å². The molecule has 0 saturated heterocycles. The van der Waals surface area contributed by atoms with Crippen molar-refractivity contribution in [3.8, 4) is 0 Å². The van der Waals surface area contributed by atoms with E-state index in [0.29, 0.717) is 22.5 Å². The molecule has 3 aromatic heterocycles. The third-order valence-electron chi connectivity index (χ3n) is 3.18. The molecule has 0 aromatic carbocycles. The third-order valence-corrected chi connectivity index (χ3v) is 4.51. The standard InChI is InChI=1S/C14H13N3O2S/c1-7(2)10-5-9-13(20-10)16-11-4-3-8(12(15)18)6-17(11)14(9)19/h3-7H,1-2H3,(H2,15,18). The highest BCUT2D eigenvalue weighted by molar-refractivity contribution is 7.18. The van der Waals surface area contributed by atoms with Gasteiger partial charge in [0.15, 0.2) is 0 Å². The number of nitrogens with zero attached hydrogens (tertiary/aromatic N) is 2. The predicted molar refractivity (Wildman–Crippen MR) is 79.5 cm³/mol. The second-order valence-electron chi connectivity index (χ2n) is 4.95. The molecule has 3 rings (SSSR count). The lowest BCUT2D eigenvalue weighted by Gasteiger charge is -2.02. The van der Waals surface area contributed by atoms with Crippen molar-refractivity contribution in [1.29, 1.82) is 0 Å². The zero-order valence-electron chi connectivity index (χ0n) is 11.1. The first-order valence-electron chi connectivity index (χ1n) is 6.23. The van der Waals surface area contributed by atoms with Crippen LogP contribution in [0.4, 0.5) is 0 Å². The lowest BCUT2D eigenvalue weighted by molar-refractivity contribution is 0.1000. The Morgan fingerprint density at radius 2 is 2.15 bits per heavy atom. The van der Waals surface area contributed by atoms with Crippen LogP contribution < -0.4 is 11.3 Å². The minimum atomic E-state index is -0.563. The monoisotopic (exact) mass is 287 g/mol. The van der Waals surface area contributed by atoms with Crippen LogP contribution in [-0.4, -0.2) is 15.3 Å². The molecule has 3 aromatic rings. The molecule has 1 amide bonds. The number of carbonyl (C=O) groups is 1. The number of aromatic nitrogens is 2. The summed E-state index contributed by atoms with van der Waals surface area (Å²) >= 11 is 1.53. The molecule has 0 fully saturated rings. The molecular formula is C14H13N3O2S. The number of hydrogen-bond donors (Lipinski definition) is 1. The van der Waals surface area contributed by atoms with Crippen molar-refractivity contribution in [1.82, 2.24) is 9.38 Å². The molecule has 102 valence electrons. The molecular weight excluding hydrogens is 274 g/mol. The van der Waals surface area contributed by atoms with Crippen LogP contribution in [-0.2, 0) is 0 Å². The van der Waals surface area contributed by atoms with Crippen LogP contribution in [0.5, 0.6) is 0 Å². The maximum Gasteiger partial charge on any atom is 0.266 e. The van der Waals surface area contributed by atoms with Crippen molar-refractivity contribution in [2.75, 3.05) is 0 Å². The second kappa shape index (κ2) is 4.42. The van der Waals surface area contributed by atoms with Gasteiger partial charge in [0.2, 0.25) is 5.91 Å². The number of primary amides is 1. The van der Waals surface area contributed by atoms with E-state index in [1.54, 1.807) is 12.1 Å². The van der Waals surface area contributed by atoms with Crippen LogP contribution in [0.15, 0.2) is 29.2 Å². The van der Waals surface area contributed by atoms with Gasteiger partial charge in [0, 0.05) is 11.1 Å². The Kier molecular flexibility index (Phi) is 2.83. The summed E-state index contributed by atoms with van der Waals surface area (Å²) < 4.78 is 1.37. The third kappa shape index (κ3) is 1.89. The topological polar surface area (TPSA) is 77.5 Å². The Morgan fingerprint density at radius 1 is 1.40 bits per heavy atom. The Labute approximate surface area is 118 Å². The Balaban J connectivity index is 2.39. The fourth-order valence-corrected chi connectivity index (χ4v) is 3.08. The SMILES string of the molecule is CC(C)c1cc2c(=O)n3cc(C(N)=O)ccc3nc2s1. The molecule has 5 nitrogen and oxygen atoms in total. The first-order chi connectivity index (χ1) is 9.47. The molecule has 0 atom stereocenters. The van der Waals surface area contributed by atoms with Gasteiger partial charge in [0.25, 0.3) is 5.56 Å². The van der Waals surface area contributed by atoms with Gasteiger partial charge < -0.3 is 5.73 Å². The molecule has 0 aliphatic heterocycles. The van der Waals surface area contributed by atoms with E-state index >= 15 is 0 Å². The summed E-state index contributed by atoms with van der Waals surface area (Å²) in [4.78, 5) is 30.0. The van der Waals surface area contributed by atoms with Crippen LogP contribution >= 0.6 is 11.3 Å². The largest absolute Gasteiger partial charge is 0.366 e. The number of nitrogens with two attached hydrogens (primary N) is 1. The average Bonchev–Trinajstić information content (AvgIpc) is 2.83. The highest BCUT2D eigenvalue weighted by Gasteiger charge is 2.12. The molecule has 20 heavy (non-hydrogen) atoms. The van der Waals surface area contributed by atoms with Crippen molar-refractivity contribution in [3.63, 3.8) is 0 Å². The summed E-state index contributed by atoms with van der Waals surface area (Å²) in [5.41, 5.74) is 5.88. The van der Waals surface area contributed by atoms with Crippen LogP contribution in [0.25, 0.3) is 15.9 Å². The number of pyridine rings is 1. The lowest BCUT2D eigenvalue weighted by atomic mass is 10.2. The van der Waals surface area contributed by atoms with Crippen LogP contribution in [0.1, 0.15) is 35.0 Å². The number of hydrogen-bond acceptors (Lipinski definition) is 4. The number of carbonyl (C=O) groups excluding carboxylic acids is 1. The molecule has 0 saturated carbocycles. The maximum atomic E-state index is 12.5.